The van der Waals surface area contributed by atoms with Crippen LogP contribution in [0.5, 0.6) is 0 Å². The van der Waals surface area contributed by atoms with E-state index in [1.807, 2.05) is 0 Å². The van der Waals surface area contributed by atoms with E-state index in [4.69, 9.17) is 0 Å². The summed E-state index contributed by atoms with van der Waals surface area (Å²) in [6.07, 6.45) is 5.15. The molecule has 3 aliphatic rings. The van der Waals surface area contributed by atoms with Crippen LogP contribution in [-0.2, 0) is 16.8 Å². The maximum absolute atomic E-state index is 13.2. The third-order valence-electron chi connectivity index (χ3n) is 6.49. The molecule has 32 heavy (non-hydrogen) atoms. The Morgan fingerprint density at radius 2 is 1.78 bits per heavy atom. The van der Waals surface area contributed by atoms with E-state index in [2.05, 4.69) is 20.9 Å². The molecule has 0 N–H and O–H groups in total. The predicted octanol–water partition coefficient (Wildman–Crippen LogP) is 2.40. The van der Waals surface area contributed by atoms with Gasteiger partial charge in [0.1, 0.15) is 29.1 Å². The van der Waals surface area contributed by atoms with E-state index in [1.54, 1.807) is 22.6 Å². The summed E-state index contributed by atoms with van der Waals surface area (Å²) in [4.78, 5) is 11.1. The molecule has 0 radical (unpaired) electrons. The van der Waals surface area contributed by atoms with E-state index < -0.39 is 10.2 Å². The molecule has 1 aromatic carbocycles. The number of aromatic nitrogens is 2. The first-order valence-corrected chi connectivity index (χ1v) is 12.4. The van der Waals surface area contributed by atoms with E-state index >= 15 is 0 Å². The number of nitrogens with zero attached hydrogens (tertiary/aromatic N) is 6. The summed E-state index contributed by atoms with van der Waals surface area (Å²) >= 11 is 0. The van der Waals surface area contributed by atoms with Crippen molar-refractivity contribution >= 4 is 16.0 Å². The van der Waals surface area contributed by atoms with Gasteiger partial charge in [-0.2, -0.15) is 22.3 Å². The third kappa shape index (κ3) is 4.08. The highest BCUT2D eigenvalue weighted by molar-refractivity contribution is 7.87. The largest absolute Gasteiger partial charge is 0.355 e. The van der Waals surface area contributed by atoms with Crippen LogP contribution in [0.2, 0.25) is 0 Å². The summed E-state index contributed by atoms with van der Waals surface area (Å²) in [6, 6.07) is 8.05. The van der Waals surface area contributed by atoms with Crippen molar-refractivity contribution in [2.75, 3.05) is 31.1 Å². The minimum absolute atomic E-state index is 0.0789. The van der Waals surface area contributed by atoms with Crippen molar-refractivity contribution in [2.45, 2.75) is 44.2 Å². The van der Waals surface area contributed by atoms with Crippen molar-refractivity contribution in [3.8, 4) is 6.07 Å². The molecule has 8 nitrogen and oxygen atoms in total. The van der Waals surface area contributed by atoms with Gasteiger partial charge in [-0.15, -0.1) is 0 Å². The molecule has 5 rings (SSSR count). The van der Waals surface area contributed by atoms with Gasteiger partial charge in [0.15, 0.2) is 0 Å². The van der Waals surface area contributed by atoms with Gasteiger partial charge in [-0.05, 0) is 43.4 Å². The average Bonchev–Trinajstić information content (AvgIpc) is 3.61. The minimum Gasteiger partial charge on any atom is -0.355 e. The number of nitriles is 1. The Morgan fingerprint density at radius 3 is 2.44 bits per heavy atom. The van der Waals surface area contributed by atoms with E-state index in [0.717, 1.165) is 24.2 Å². The van der Waals surface area contributed by atoms with Crippen LogP contribution in [-0.4, -0.2) is 59.2 Å². The van der Waals surface area contributed by atoms with Crippen molar-refractivity contribution in [2.24, 2.45) is 0 Å². The molecule has 0 unspecified atom stereocenters. The van der Waals surface area contributed by atoms with E-state index in [0.29, 0.717) is 56.3 Å². The highest BCUT2D eigenvalue weighted by atomic mass is 32.2. The van der Waals surface area contributed by atoms with Gasteiger partial charge in [0, 0.05) is 44.7 Å². The first-order chi connectivity index (χ1) is 15.5. The molecule has 3 heterocycles. The second kappa shape index (κ2) is 8.39. The number of hydrogen-bond donors (Lipinski definition) is 0. The Balaban J connectivity index is 1.25. The monoisotopic (exact) mass is 456 g/mol. The molecular formula is C22H25FN6O2S. The number of halogens is 1. The first-order valence-electron chi connectivity index (χ1n) is 11.0. The lowest BCUT2D eigenvalue weighted by molar-refractivity contribution is 0.294. The molecule has 1 aliphatic carbocycles. The Morgan fingerprint density at radius 1 is 1.06 bits per heavy atom. The second-order valence-corrected chi connectivity index (χ2v) is 10.5. The number of piperidine rings is 1. The van der Waals surface area contributed by atoms with Gasteiger partial charge in [0.25, 0.3) is 10.2 Å². The van der Waals surface area contributed by atoms with Gasteiger partial charge >= 0.3 is 0 Å². The molecule has 3 fully saturated rings. The molecule has 168 valence electrons. The quantitative estimate of drug-likeness (QED) is 0.686. The molecular weight excluding hydrogens is 431 g/mol. The molecule has 2 aromatic rings. The molecule has 2 aliphatic heterocycles. The zero-order valence-corrected chi connectivity index (χ0v) is 18.5. The van der Waals surface area contributed by atoms with Gasteiger partial charge in [-0.1, -0.05) is 12.1 Å². The normalized spacial score (nSPS) is 22.2. The lowest BCUT2D eigenvalue weighted by Gasteiger charge is -2.36. The van der Waals surface area contributed by atoms with Crippen LogP contribution in [0, 0.1) is 17.1 Å². The van der Waals surface area contributed by atoms with Crippen molar-refractivity contribution in [1.29, 1.82) is 5.26 Å². The summed E-state index contributed by atoms with van der Waals surface area (Å²) in [6.45, 7) is 2.41. The van der Waals surface area contributed by atoms with Crippen LogP contribution >= 0.6 is 0 Å². The molecule has 10 heteroatoms. The fourth-order valence-electron chi connectivity index (χ4n) is 4.52. The molecule has 0 atom stereocenters. The van der Waals surface area contributed by atoms with Crippen molar-refractivity contribution in [1.82, 2.24) is 18.6 Å². The number of benzene rings is 1. The molecule has 1 saturated carbocycles. The van der Waals surface area contributed by atoms with Crippen molar-refractivity contribution in [3.63, 3.8) is 0 Å². The highest BCUT2D eigenvalue weighted by Gasteiger charge is 2.42. The lowest BCUT2D eigenvalue weighted by atomic mass is 10.0. The predicted molar refractivity (Wildman–Crippen MR) is 116 cm³/mol. The van der Waals surface area contributed by atoms with Crippen LogP contribution in [0.25, 0.3) is 0 Å². The van der Waals surface area contributed by atoms with Crippen molar-refractivity contribution < 1.29 is 12.8 Å². The third-order valence-corrected chi connectivity index (χ3v) is 8.52. The van der Waals surface area contributed by atoms with Crippen LogP contribution in [0.3, 0.4) is 0 Å². The Bertz CT molecular complexity index is 1140. The summed E-state index contributed by atoms with van der Waals surface area (Å²) in [5.41, 5.74) is 1.23. The molecule has 1 aromatic heterocycles. The zero-order chi connectivity index (χ0) is 22.3. The smallest absolute Gasteiger partial charge is 0.282 e. The van der Waals surface area contributed by atoms with Gasteiger partial charge in [-0.3, -0.25) is 0 Å². The Hall–Kier alpha value is -2.61. The summed E-state index contributed by atoms with van der Waals surface area (Å²) in [7, 11) is -3.56. The number of rotatable bonds is 5. The standard InChI is InChI=1S/C22H25FN6O2S/c23-19-5-1-16(2-6-19)15-28-11-12-29(32(28,30)31)20-7-9-27(10-8-20)22-18(13-24)14-25-21(26-22)17-3-4-17/h1-2,5-6,14,17,20H,3-4,7-12,15H2. The van der Waals surface area contributed by atoms with Crippen LogP contribution < -0.4 is 4.90 Å². The Labute approximate surface area is 187 Å². The molecule has 2 saturated heterocycles. The molecule has 0 spiro atoms. The van der Waals surface area contributed by atoms with E-state index in [-0.39, 0.29) is 18.4 Å². The number of anilines is 1. The highest BCUT2D eigenvalue weighted by Crippen LogP contribution is 2.39. The molecule has 0 bridgehead atoms. The van der Waals surface area contributed by atoms with Gasteiger partial charge in [0.2, 0.25) is 0 Å². The van der Waals surface area contributed by atoms with Crippen LogP contribution in [0.15, 0.2) is 30.5 Å². The van der Waals surface area contributed by atoms with Crippen LogP contribution in [0.1, 0.15) is 48.6 Å². The minimum atomic E-state index is -3.56. The lowest BCUT2D eigenvalue weighted by Crippen LogP contribution is -2.47. The number of hydrogen-bond acceptors (Lipinski definition) is 6. The zero-order valence-electron chi connectivity index (χ0n) is 17.7. The van der Waals surface area contributed by atoms with Crippen molar-refractivity contribution in [3.05, 3.63) is 53.2 Å². The van der Waals surface area contributed by atoms with E-state index in [9.17, 15) is 18.1 Å². The van der Waals surface area contributed by atoms with Crippen LogP contribution in [0.4, 0.5) is 10.2 Å². The van der Waals surface area contributed by atoms with Gasteiger partial charge < -0.3 is 4.90 Å². The maximum Gasteiger partial charge on any atom is 0.282 e. The van der Waals surface area contributed by atoms with E-state index in [1.165, 1.54) is 16.4 Å². The fraction of sp³-hybridized carbons (Fsp3) is 0.500. The van der Waals surface area contributed by atoms with Gasteiger partial charge in [0.05, 0.1) is 6.20 Å². The molecule has 0 amide bonds. The first kappa shape index (κ1) is 21.2. The summed E-state index contributed by atoms with van der Waals surface area (Å²) in [5, 5.41) is 9.48. The SMILES string of the molecule is N#Cc1cnc(C2CC2)nc1N1CCC(N2CCN(Cc3ccc(F)cc3)S2(=O)=O)CC1. The summed E-state index contributed by atoms with van der Waals surface area (Å²) < 4.78 is 42.5. The Kier molecular flexibility index (Phi) is 5.57. The average molecular weight is 457 g/mol. The summed E-state index contributed by atoms with van der Waals surface area (Å²) in [5.74, 6) is 1.55. The fourth-order valence-corrected chi connectivity index (χ4v) is 6.35. The second-order valence-electron chi connectivity index (χ2n) is 8.65. The topological polar surface area (TPSA) is 93.4 Å². The van der Waals surface area contributed by atoms with Gasteiger partial charge in [-0.25, -0.2) is 14.4 Å². The maximum atomic E-state index is 13.2.